The van der Waals surface area contributed by atoms with Crippen molar-refractivity contribution in [2.24, 2.45) is 5.41 Å². The van der Waals surface area contributed by atoms with E-state index in [1.54, 1.807) is 0 Å². The zero-order valence-electron chi connectivity index (χ0n) is 13.3. The summed E-state index contributed by atoms with van der Waals surface area (Å²) in [6.07, 6.45) is 13.9. The van der Waals surface area contributed by atoms with Crippen LogP contribution in [-0.4, -0.2) is 6.10 Å². The quantitative estimate of drug-likeness (QED) is 0.395. The van der Waals surface area contributed by atoms with Crippen LogP contribution in [0.1, 0.15) is 98.3 Å². The van der Waals surface area contributed by atoms with E-state index in [4.69, 9.17) is 0 Å². The fraction of sp³-hybridized carbons (Fsp3) is 1.00. The first kappa shape index (κ1) is 18.0. The lowest BCUT2D eigenvalue weighted by Crippen LogP contribution is -2.24. The third-order valence-electron chi connectivity index (χ3n) is 3.79. The largest absolute Gasteiger partial charge is 0.233 e. The summed E-state index contributed by atoms with van der Waals surface area (Å²) in [5, 5.41) is 11.8. The molecule has 1 unspecified atom stereocenters. The van der Waals surface area contributed by atoms with Gasteiger partial charge in [0.15, 0.2) is 0 Å². The molecule has 0 N–H and O–H groups in total. The molecule has 0 aliphatic carbocycles. The minimum Gasteiger partial charge on any atom is -0.233 e. The van der Waals surface area contributed by atoms with Crippen LogP contribution >= 0.6 is 0 Å². The Kier molecular flexibility index (Phi) is 10.8. The van der Waals surface area contributed by atoms with E-state index in [1.165, 1.54) is 57.8 Å². The molecule has 18 heavy (non-hydrogen) atoms. The van der Waals surface area contributed by atoms with Crippen LogP contribution in [0.5, 0.6) is 0 Å². The summed E-state index contributed by atoms with van der Waals surface area (Å²) in [6.45, 7) is 8.43. The zero-order chi connectivity index (χ0) is 13.9. The lowest BCUT2D eigenvalue weighted by atomic mass is 9.86. The van der Waals surface area contributed by atoms with Crippen molar-refractivity contribution in [3.63, 3.8) is 0 Å². The molecule has 1 atom stereocenters. The van der Waals surface area contributed by atoms with Crippen LogP contribution < -0.4 is 0 Å². The number of hydrogen-bond acceptors (Lipinski definition) is 0. The maximum absolute atomic E-state index is 11.8. The van der Waals surface area contributed by atoms with E-state index in [1.807, 2.05) is 0 Å². The van der Waals surface area contributed by atoms with Crippen molar-refractivity contribution >= 4 is 0 Å². The van der Waals surface area contributed by atoms with Gasteiger partial charge in [-0.1, -0.05) is 91.9 Å². The predicted octanol–water partition coefficient (Wildman–Crippen LogP) is 6.14. The molecule has 0 rings (SSSR count). The summed E-state index contributed by atoms with van der Waals surface area (Å²) in [5.74, 6) is 0. The van der Waals surface area contributed by atoms with Crippen LogP contribution in [0, 0.1) is 5.41 Å². The second kappa shape index (κ2) is 10.8. The standard InChI is InChI=1S/C17H35O/c1-5-6-7-8-9-10-11-12-13-14-15-16(18)17(2,3)4/h16H,5-15H2,1-4H3. The summed E-state index contributed by atoms with van der Waals surface area (Å²) in [7, 11) is 0. The van der Waals surface area contributed by atoms with E-state index in [0.717, 1.165) is 12.8 Å². The Morgan fingerprint density at radius 1 is 0.722 bits per heavy atom. The maximum atomic E-state index is 11.8. The molecule has 1 heteroatoms. The Morgan fingerprint density at radius 3 is 1.50 bits per heavy atom. The van der Waals surface area contributed by atoms with Crippen LogP contribution in [0.4, 0.5) is 0 Å². The molecule has 0 saturated heterocycles. The van der Waals surface area contributed by atoms with Crippen LogP contribution in [-0.2, 0) is 5.11 Å². The summed E-state index contributed by atoms with van der Waals surface area (Å²) in [5.41, 5.74) is -0.0563. The molecule has 0 spiro atoms. The molecule has 0 fully saturated rings. The fourth-order valence-electron chi connectivity index (χ4n) is 2.25. The van der Waals surface area contributed by atoms with E-state index in [2.05, 4.69) is 27.7 Å². The van der Waals surface area contributed by atoms with Gasteiger partial charge in [0.05, 0.1) is 6.10 Å². The van der Waals surface area contributed by atoms with Crippen molar-refractivity contribution in [1.82, 2.24) is 0 Å². The van der Waals surface area contributed by atoms with Crippen molar-refractivity contribution in [3.05, 3.63) is 0 Å². The summed E-state index contributed by atoms with van der Waals surface area (Å²) < 4.78 is 0. The van der Waals surface area contributed by atoms with E-state index >= 15 is 0 Å². The Balaban J connectivity index is 3.17. The van der Waals surface area contributed by atoms with E-state index in [0.29, 0.717) is 0 Å². The number of rotatable bonds is 11. The number of unbranched alkanes of at least 4 members (excludes halogenated alkanes) is 9. The molecular formula is C17H35O. The summed E-state index contributed by atoms with van der Waals surface area (Å²) in [6, 6.07) is 0. The Morgan fingerprint density at radius 2 is 1.11 bits per heavy atom. The highest BCUT2D eigenvalue weighted by atomic mass is 16.3. The number of hydrogen-bond donors (Lipinski definition) is 0. The first-order valence-corrected chi connectivity index (χ1v) is 8.14. The van der Waals surface area contributed by atoms with Crippen molar-refractivity contribution in [2.75, 3.05) is 0 Å². The molecule has 0 aliphatic heterocycles. The fourth-order valence-corrected chi connectivity index (χ4v) is 2.25. The first-order chi connectivity index (χ1) is 8.48. The van der Waals surface area contributed by atoms with Gasteiger partial charge in [0, 0.05) is 0 Å². The van der Waals surface area contributed by atoms with Crippen LogP contribution in [0.25, 0.3) is 0 Å². The minimum atomic E-state index is -0.383. The van der Waals surface area contributed by atoms with Gasteiger partial charge in [-0.3, -0.25) is 0 Å². The molecule has 0 amide bonds. The summed E-state index contributed by atoms with van der Waals surface area (Å²) >= 11 is 0. The van der Waals surface area contributed by atoms with E-state index in [9.17, 15) is 5.11 Å². The third-order valence-corrected chi connectivity index (χ3v) is 3.79. The predicted molar refractivity (Wildman–Crippen MR) is 80.4 cm³/mol. The lowest BCUT2D eigenvalue weighted by molar-refractivity contribution is -0.00715. The lowest BCUT2D eigenvalue weighted by Gasteiger charge is -2.23. The van der Waals surface area contributed by atoms with Crippen LogP contribution in [0.2, 0.25) is 0 Å². The van der Waals surface area contributed by atoms with E-state index < -0.39 is 0 Å². The van der Waals surface area contributed by atoms with Crippen molar-refractivity contribution in [1.29, 1.82) is 0 Å². The molecule has 0 aromatic rings. The van der Waals surface area contributed by atoms with Gasteiger partial charge in [0.2, 0.25) is 0 Å². The smallest absolute Gasteiger partial charge is 0.0978 e. The van der Waals surface area contributed by atoms with Gasteiger partial charge in [-0.05, 0) is 11.8 Å². The van der Waals surface area contributed by atoms with Crippen molar-refractivity contribution < 1.29 is 5.11 Å². The molecule has 109 valence electrons. The zero-order valence-corrected chi connectivity index (χ0v) is 13.3. The molecule has 0 aromatic carbocycles. The van der Waals surface area contributed by atoms with Gasteiger partial charge >= 0.3 is 0 Å². The molecule has 0 aromatic heterocycles. The highest BCUT2D eigenvalue weighted by Crippen LogP contribution is 2.24. The molecule has 0 saturated carbocycles. The monoisotopic (exact) mass is 255 g/mol. The minimum absolute atomic E-state index is 0.0563. The van der Waals surface area contributed by atoms with Crippen molar-refractivity contribution in [2.45, 2.75) is 104 Å². The maximum Gasteiger partial charge on any atom is 0.0978 e. The average molecular weight is 255 g/mol. The first-order valence-electron chi connectivity index (χ1n) is 8.14. The van der Waals surface area contributed by atoms with Crippen LogP contribution in [0.15, 0.2) is 0 Å². The van der Waals surface area contributed by atoms with Gasteiger partial charge in [0.1, 0.15) is 0 Å². The second-order valence-electron chi connectivity index (χ2n) is 6.83. The van der Waals surface area contributed by atoms with Gasteiger partial charge in [-0.25, -0.2) is 5.11 Å². The van der Waals surface area contributed by atoms with Crippen LogP contribution in [0.3, 0.4) is 0 Å². The molecule has 1 radical (unpaired) electrons. The SMILES string of the molecule is CCCCCCCCCCCCC([O])C(C)(C)C. The molecule has 0 heterocycles. The summed E-state index contributed by atoms with van der Waals surface area (Å²) in [4.78, 5) is 0. The molecule has 0 bridgehead atoms. The van der Waals surface area contributed by atoms with Crippen molar-refractivity contribution in [3.8, 4) is 0 Å². The Bertz CT molecular complexity index is 169. The van der Waals surface area contributed by atoms with Gasteiger partial charge in [0.25, 0.3) is 0 Å². The second-order valence-corrected chi connectivity index (χ2v) is 6.83. The Labute approximate surface area is 115 Å². The van der Waals surface area contributed by atoms with Gasteiger partial charge < -0.3 is 0 Å². The highest BCUT2D eigenvalue weighted by Gasteiger charge is 2.22. The molecule has 1 nitrogen and oxygen atoms in total. The average Bonchev–Trinajstić information content (AvgIpc) is 2.30. The molecule has 0 aliphatic rings. The molecular weight excluding hydrogens is 220 g/mol. The van der Waals surface area contributed by atoms with E-state index in [-0.39, 0.29) is 11.5 Å². The van der Waals surface area contributed by atoms with Gasteiger partial charge in [-0.15, -0.1) is 0 Å². The highest BCUT2D eigenvalue weighted by molar-refractivity contribution is 4.71. The van der Waals surface area contributed by atoms with Gasteiger partial charge in [-0.2, -0.15) is 0 Å². The normalized spacial score (nSPS) is 13.8. The topological polar surface area (TPSA) is 19.9 Å². The third kappa shape index (κ3) is 11.1. The Hall–Kier alpha value is -0.0400.